The Balaban J connectivity index is 1.50. The molecule has 0 radical (unpaired) electrons. The average Bonchev–Trinajstić information content (AvgIpc) is 3.17. The Morgan fingerprint density at radius 1 is 1.07 bits per heavy atom. The number of nitrogens with zero attached hydrogens (tertiary/aromatic N) is 2. The van der Waals surface area contributed by atoms with Crippen molar-refractivity contribution in [3.05, 3.63) is 54.4 Å². The van der Waals surface area contributed by atoms with Crippen LogP contribution in [0.25, 0.3) is 0 Å². The fraction of sp³-hybridized carbons (Fsp3) is 0.158. The molecule has 1 aromatic heterocycles. The second-order valence-corrected chi connectivity index (χ2v) is 5.85. The van der Waals surface area contributed by atoms with Crippen LogP contribution in [-0.2, 0) is 6.54 Å². The quantitative estimate of drug-likeness (QED) is 0.612. The number of fused-ring (bicyclic) bond motifs is 1. The molecule has 0 spiro atoms. The number of rotatable bonds is 6. The van der Waals surface area contributed by atoms with Gasteiger partial charge in [0.05, 0.1) is 12.8 Å². The van der Waals surface area contributed by atoms with E-state index in [1.165, 1.54) is 6.33 Å². The highest BCUT2D eigenvalue weighted by Gasteiger charge is 2.14. The highest BCUT2D eigenvalue weighted by atomic mass is 16.7. The molecule has 3 aromatic rings. The van der Waals surface area contributed by atoms with E-state index in [0.717, 1.165) is 22.7 Å². The van der Waals surface area contributed by atoms with Crippen LogP contribution >= 0.6 is 0 Å². The standard InChI is InChI=1S/C19H19N5O3/c1-25-14-5-3-2-4-13(14)24-19-17(20)18(22-10-23-19)21-9-12-6-7-15-16(8-12)27-11-26-15/h2-8,10H,9,11,20H2,1H3,(H2,21,22,23,24). The highest BCUT2D eigenvalue weighted by molar-refractivity contribution is 5.79. The van der Waals surface area contributed by atoms with Crippen molar-refractivity contribution in [3.63, 3.8) is 0 Å². The number of para-hydroxylation sites is 2. The molecular weight excluding hydrogens is 346 g/mol. The minimum Gasteiger partial charge on any atom is -0.495 e. The van der Waals surface area contributed by atoms with Gasteiger partial charge < -0.3 is 30.6 Å². The van der Waals surface area contributed by atoms with Gasteiger partial charge in [-0.3, -0.25) is 0 Å². The number of hydrogen-bond donors (Lipinski definition) is 3. The molecule has 8 nitrogen and oxygen atoms in total. The number of nitrogens with one attached hydrogen (secondary N) is 2. The van der Waals surface area contributed by atoms with Crippen LogP contribution in [0.1, 0.15) is 5.56 Å². The van der Waals surface area contributed by atoms with E-state index in [2.05, 4.69) is 20.6 Å². The Kier molecular flexibility index (Phi) is 4.52. The van der Waals surface area contributed by atoms with Gasteiger partial charge in [0.2, 0.25) is 6.79 Å². The number of methoxy groups -OCH3 is 1. The number of nitrogens with two attached hydrogens (primary N) is 1. The van der Waals surface area contributed by atoms with E-state index in [4.69, 9.17) is 19.9 Å². The molecule has 0 amide bonds. The Morgan fingerprint density at radius 2 is 1.89 bits per heavy atom. The molecule has 2 heterocycles. The molecule has 0 fully saturated rings. The third-order valence-electron chi connectivity index (χ3n) is 4.14. The van der Waals surface area contributed by atoms with Gasteiger partial charge in [0.15, 0.2) is 23.1 Å². The fourth-order valence-corrected chi connectivity index (χ4v) is 2.75. The maximum Gasteiger partial charge on any atom is 0.231 e. The molecule has 27 heavy (non-hydrogen) atoms. The first-order valence-corrected chi connectivity index (χ1v) is 8.37. The molecule has 4 rings (SSSR count). The molecule has 0 unspecified atom stereocenters. The first-order chi connectivity index (χ1) is 13.2. The molecule has 0 bridgehead atoms. The highest BCUT2D eigenvalue weighted by Crippen LogP contribution is 2.33. The van der Waals surface area contributed by atoms with Crippen LogP contribution in [0.4, 0.5) is 23.0 Å². The summed E-state index contributed by atoms with van der Waals surface area (Å²) in [5.41, 5.74) is 8.46. The zero-order chi connectivity index (χ0) is 18.6. The van der Waals surface area contributed by atoms with Crippen LogP contribution in [0.3, 0.4) is 0 Å². The minimum atomic E-state index is 0.253. The van der Waals surface area contributed by atoms with Gasteiger partial charge in [-0.05, 0) is 29.8 Å². The minimum absolute atomic E-state index is 0.253. The van der Waals surface area contributed by atoms with Gasteiger partial charge in [0.1, 0.15) is 17.8 Å². The topological polar surface area (TPSA) is 104 Å². The summed E-state index contributed by atoms with van der Waals surface area (Å²) in [6.07, 6.45) is 1.45. The van der Waals surface area contributed by atoms with E-state index in [-0.39, 0.29) is 6.79 Å². The smallest absolute Gasteiger partial charge is 0.231 e. The molecule has 1 aliphatic heterocycles. The molecule has 0 aliphatic carbocycles. The van der Waals surface area contributed by atoms with Crippen molar-refractivity contribution >= 4 is 23.0 Å². The number of benzene rings is 2. The van der Waals surface area contributed by atoms with Gasteiger partial charge in [-0.15, -0.1) is 0 Å². The molecule has 0 saturated carbocycles. The van der Waals surface area contributed by atoms with Gasteiger partial charge in [-0.2, -0.15) is 0 Å². The normalized spacial score (nSPS) is 11.9. The number of hydrogen-bond acceptors (Lipinski definition) is 8. The number of anilines is 4. The number of ether oxygens (including phenoxy) is 3. The van der Waals surface area contributed by atoms with Crippen LogP contribution in [0, 0.1) is 0 Å². The van der Waals surface area contributed by atoms with E-state index >= 15 is 0 Å². The zero-order valence-electron chi connectivity index (χ0n) is 14.7. The SMILES string of the molecule is COc1ccccc1Nc1ncnc(NCc2ccc3c(c2)OCO3)c1N. The maximum atomic E-state index is 6.24. The van der Waals surface area contributed by atoms with E-state index in [1.54, 1.807) is 7.11 Å². The van der Waals surface area contributed by atoms with Crippen molar-refractivity contribution in [2.45, 2.75) is 6.54 Å². The van der Waals surface area contributed by atoms with Gasteiger partial charge in [-0.25, -0.2) is 9.97 Å². The molecule has 4 N–H and O–H groups in total. The third-order valence-corrected chi connectivity index (χ3v) is 4.14. The summed E-state index contributed by atoms with van der Waals surface area (Å²) in [5.74, 6) is 3.24. The molecule has 1 aliphatic rings. The summed E-state index contributed by atoms with van der Waals surface area (Å²) in [5, 5.41) is 6.42. The van der Waals surface area contributed by atoms with Gasteiger partial charge in [0.25, 0.3) is 0 Å². The van der Waals surface area contributed by atoms with Gasteiger partial charge in [-0.1, -0.05) is 18.2 Å². The number of nitrogen functional groups attached to an aromatic ring is 1. The average molecular weight is 365 g/mol. The Labute approximate surface area is 156 Å². The summed E-state index contributed by atoms with van der Waals surface area (Å²) >= 11 is 0. The second kappa shape index (κ2) is 7.28. The van der Waals surface area contributed by atoms with Gasteiger partial charge in [0, 0.05) is 6.54 Å². The van der Waals surface area contributed by atoms with Crippen LogP contribution in [0.5, 0.6) is 17.2 Å². The lowest BCUT2D eigenvalue weighted by molar-refractivity contribution is 0.174. The van der Waals surface area contributed by atoms with Crippen LogP contribution < -0.4 is 30.6 Å². The van der Waals surface area contributed by atoms with Crippen molar-refractivity contribution in [2.75, 3.05) is 30.3 Å². The maximum absolute atomic E-state index is 6.24. The predicted octanol–water partition coefficient (Wildman–Crippen LogP) is 3.15. The van der Waals surface area contributed by atoms with Crippen molar-refractivity contribution in [3.8, 4) is 17.2 Å². The molecule has 2 aromatic carbocycles. The van der Waals surface area contributed by atoms with Crippen LogP contribution in [0.2, 0.25) is 0 Å². The monoisotopic (exact) mass is 365 g/mol. The summed E-state index contributed by atoms with van der Waals surface area (Å²) < 4.78 is 16.1. The van der Waals surface area contributed by atoms with E-state index in [0.29, 0.717) is 29.6 Å². The van der Waals surface area contributed by atoms with Crippen molar-refractivity contribution in [1.29, 1.82) is 0 Å². The van der Waals surface area contributed by atoms with Crippen molar-refractivity contribution in [2.24, 2.45) is 0 Å². The van der Waals surface area contributed by atoms with Crippen molar-refractivity contribution < 1.29 is 14.2 Å². The summed E-state index contributed by atoms with van der Waals surface area (Å²) in [6, 6.07) is 13.3. The Bertz CT molecular complexity index is 964. The van der Waals surface area contributed by atoms with Crippen LogP contribution in [-0.4, -0.2) is 23.9 Å². The molecular formula is C19H19N5O3. The van der Waals surface area contributed by atoms with Gasteiger partial charge >= 0.3 is 0 Å². The second-order valence-electron chi connectivity index (χ2n) is 5.85. The third kappa shape index (κ3) is 3.50. The molecule has 0 saturated heterocycles. The molecule has 8 heteroatoms. The Morgan fingerprint density at radius 3 is 2.78 bits per heavy atom. The lowest BCUT2D eigenvalue weighted by Gasteiger charge is -2.14. The number of aromatic nitrogens is 2. The van der Waals surface area contributed by atoms with Crippen LogP contribution in [0.15, 0.2) is 48.8 Å². The van der Waals surface area contributed by atoms with E-state index in [1.807, 2.05) is 42.5 Å². The van der Waals surface area contributed by atoms with E-state index < -0.39 is 0 Å². The first-order valence-electron chi connectivity index (χ1n) is 8.37. The lowest BCUT2D eigenvalue weighted by Crippen LogP contribution is -2.08. The summed E-state index contributed by atoms with van der Waals surface area (Å²) in [6.45, 7) is 0.787. The lowest BCUT2D eigenvalue weighted by atomic mass is 10.2. The summed E-state index contributed by atoms with van der Waals surface area (Å²) in [4.78, 5) is 8.47. The Hall–Kier alpha value is -3.68. The van der Waals surface area contributed by atoms with Crippen molar-refractivity contribution in [1.82, 2.24) is 9.97 Å². The first kappa shape index (κ1) is 16.8. The fourth-order valence-electron chi connectivity index (χ4n) is 2.75. The van der Waals surface area contributed by atoms with E-state index in [9.17, 15) is 0 Å². The zero-order valence-corrected chi connectivity index (χ0v) is 14.7. The molecule has 0 atom stereocenters. The summed E-state index contributed by atoms with van der Waals surface area (Å²) in [7, 11) is 1.61. The molecule has 138 valence electrons. The predicted molar refractivity (Wildman–Crippen MR) is 103 cm³/mol. The largest absolute Gasteiger partial charge is 0.495 e.